The second-order valence-corrected chi connectivity index (χ2v) is 3.76. The Labute approximate surface area is 95.5 Å². The second-order valence-electron chi connectivity index (χ2n) is 3.76. The van der Waals surface area contributed by atoms with Gasteiger partial charge in [0.1, 0.15) is 11.5 Å². The maximum atomic E-state index is 5.39. The summed E-state index contributed by atoms with van der Waals surface area (Å²) in [4.78, 5) is 0. The van der Waals surface area contributed by atoms with Crippen LogP contribution in [0.2, 0.25) is 0 Å². The molecule has 0 saturated carbocycles. The summed E-state index contributed by atoms with van der Waals surface area (Å²) >= 11 is 0. The van der Waals surface area contributed by atoms with E-state index in [1.807, 2.05) is 24.3 Å². The fourth-order valence-electron chi connectivity index (χ4n) is 1.76. The molecule has 1 atom stereocenters. The molecular formula is C13H17NO2. The molecule has 0 saturated heterocycles. The Kier molecular flexibility index (Phi) is 3.83. The van der Waals surface area contributed by atoms with Crippen molar-refractivity contribution in [1.82, 2.24) is 5.32 Å². The molecule has 0 aromatic carbocycles. The largest absolute Gasteiger partial charge is 0.469 e. The molecular weight excluding hydrogens is 202 g/mol. The number of nitrogens with one attached hydrogen (secondary N) is 1. The predicted molar refractivity (Wildman–Crippen MR) is 62.2 cm³/mol. The van der Waals surface area contributed by atoms with Gasteiger partial charge in [0.05, 0.1) is 18.6 Å². The fourth-order valence-corrected chi connectivity index (χ4v) is 1.76. The van der Waals surface area contributed by atoms with Crippen LogP contribution in [0.4, 0.5) is 0 Å². The predicted octanol–water partition coefficient (Wildman–Crippen LogP) is 3.16. The van der Waals surface area contributed by atoms with Gasteiger partial charge in [-0.1, -0.05) is 6.92 Å². The molecule has 0 amide bonds. The van der Waals surface area contributed by atoms with Crippen molar-refractivity contribution in [3.8, 4) is 0 Å². The van der Waals surface area contributed by atoms with E-state index in [4.69, 9.17) is 8.83 Å². The highest BCUT2D eigenvalue weighted by molar-refractivity contribution is 5.04. The van der Waals surface area contributed by atoms with Gasteiger partial charge in [-0.15, -0.1) is 0 Å². The lowest BCUT2D eigenvalue weighted by atomic mass is 10.1. The van der Waals surface area contributed by atoms with Gasteiger partial charge in [-0.2, -0.15) is 0 Å². The Bertz CT molecular complexity index is 378. The number of hydrogen-bond donors (Lipinski definition) is 1. The highest BCUT2D eigenvalue weighted by atomic mass is 16.3. The first kappa shape index (κ1) is 11.0. The number of rotatable bonds is 6. The summed E-state index contributed by atoms with van der Waals surface area (Å²) in [5.41, 5.74) is 0. The molecule has 3 nitrogen and oxygen atoms in total. The molecule has 86 valence electrons. The van der Waals surface area contributed by atoms with E-state index >= 15 is 0 Å². The van der Waals surface area contributed by atoms with Crippen LogP contribution in [-0.4, -0.2) is 6.54 Å². The molecule has 0 spiro atoms. The average molecular weight is 219 g/mol. The van der Waals surface area contributed by atoms with Gasteiger partial charge in [0, 0.05) is 13.0 Å². The fraction of sp³-hybridized carbons (Fsp3) is 0.385. The Morgan fingerprint density at radius 3 is 2.62 bits per heavy atom. The van der Waals surface area contributed by atoms with Crippen molar-refractivity contribution in [3.05, 3.63) is 48.3 Å². The van der Waals surface area contributed by atoms with E-state index in [0.29, 0.717) is 6.04 Å². The second kappa shape index (κ2) is 5.56. The maximum Gasteiger partial charge on any atom is 0.120 e. The lowest BCUT2D eigenvalue weighted by molar-refractivity contribution is 0.399. The summed E-state index contributed by atoms with van der Waals surface area (Å²) in [5.74, 6) is 2.02. The third-order valence-electron chi connectivity index (χ3n) is 2.64. The quantitative estimate of drug-likeness (QED) is 0.811. The zero-order valence-electron chi connectivity index (χ0n) is 9.48. The first-order chi connectivity index (χ1) is 7.90. The van der Waals surface area contributed by atoms with Crippen molar-refractivity contribution < 1.29 is 8.83 Å². The van der Waals surface area contributed by atoms with Gasteiger partial charge in [-0.25, -0.2) is 0 Å². The molecule has 0 bridgehead atoms. The van der Waals surface area contributed by atoms with Crippen LogP contribution in [0.3, 0.4) is 0 Å². The van der Waals surface area contributed by atoms with Crippen LogP contribution in [0.15, 0.2) is 45.6 Å². The molecule has 3 heteroatoms. The van der Waals surface area contributed by atoms with Crippen molar-refractivity contribution in [2.45, 2.75) is 25.8 Å². The molecule has 0 radical (unpaired) electrons. The molecule has 2 rings (SSSR count). The highest BCUT2D eigenvalue weighted by Gasteiger charge is 2.10. The normalized spacial score (nSPS) is 12.8. The smallest absolute Gasteiger partial charge is 0.120 e. The molecule has 2 aromatic rings. The first-order valence-corrected chi connectivity index (χ1v) is 5.69. The first-order valence-electron chi connectivity index (χ1n) is 5.69. The van der Waals surface area contributed by atoms with Crippen LogP contribution in [0.5, 0.6) is 0 Å². The Morgan fingerprint density at radius 2 is 2.00 bits per heavy atom. The molecule has 0 aliphatic carbocycles. The van der Waals surface area contributed by atoms with Gasteiger partial charge in [0.25, 0.3) is 0 Å². The zero-order valence-corrected chi connectivity index (χ0v) is 9.48. The summed E-state index contributed by atoms with van der Waals surface area (Å²) in [5, 5.41) is 3.46. The van der Waals surface area contributed by atoms with E-state index in [2.05, 4.69) is 12.2 Å². The van der Waals surface area contributed by atoms with Crippen LogP contribution in [-0.2, 0) is 6.42 Å². The van der Waals surface area contributed by atoms with Crippen LogP contribution in [0.25, 0.3) is 0 Å². The summed E-state index contributed by atoms with van der Waals surface area (Å²) < 4.78 is 10.7. The van der Waals surface area contributed by atoms with E-state index in [9.17, 15) is 0 Å². The summed E-state index contributed by atoms with van der Waals surface area (Å²) in [6.45, 7) is 3.04. The lowest BCUT2D eigenvalue weighted by Gasteiger charge is -2.13. The zero-order chi connectivity index (χ0) is 11.2. The van der Waals surface area contributed by atoms with Crippen molar-refractivity contribution in [2.75, 3.05) is 6.54 Å². The van der Waals surface area contributed by atoms with E-state index < -0.39 is 0 Å². The van der Waals surface area contributed by atoms with Crippen molar-refractivity contribution >= 4 is 0 Å². The average Bonchev–Trinajstić information content (AvgIpc) is 2.96. The SMILES string of the molecule is CCC(NCCc1ccco1)c1ccco1. The van der Waals surface area contributed by atoms with E-state index in [-0.39, 0.29) is 0 Å². The van der Waals surface area contributed by atoms with Crippen molar-refractivity contribution in [2.24, 2.45) is 0 Å². The molecule has 0 aliphatic rings. The van der Waals surface area contributed by atoms with Gasteiger partial charge in [-0.05, 0) is 30.7 Å². The molecule has 2 aromatic heterocycles. The van der Waals surface area contributed by atoms with Gasteiger partial charge in [0.2, 0.25) is 0 Å². The van der Waals surface area contributed by atoms with Crippen molar-refractivity contribution in [3.63, 3.8) is 0 Å². The van der Waals surface area contributed by atoms with Gasteiger partial charge in [-0.3, -0.25) is 0 Å². The monoisotopic (exact) mass is 219 g/mol. The van der Waals surface area contributed by atoms with Crippen LogP contribution >= 0.6 is 0 Å². The molecule has 16 heavy (non-hydrogen) atoms. The van der Waals surface area contributed by atoms with Gasteiger partial charge in [0.15, 0.2) is 0 Å². The van der Waals surface area contributed by atoms with Crippen LogP contribution in [0, 0.1) is 0 Å². The number of furan rings is 2. The molecule has 1 N–H and O–H groups in total. The highest BCUT2D eigenvalue weighted by Crippen LogP contribution is 2.16. The third-order valence-corrected chi connectivity index (χ3v) is 2.64. The minimum Gasteiger partial charge on any atom is -0.469 e. The van der Waals surface area contributed by atoms with E-state index in [0.717, 1.165) is 30.9 Å². The van der Waals surface area contributed by atoms with E-state index in [1.165, 1.54) is 0 Å². The molecule has 0 fully saturated rings. The minimum atomic E-state index is 0.296. The summed E-state index contributed by atoms with van der Waals surface area (Å²) in [7, 11) is 0. The third kappa shape index (κ3) is 2.76. The van der Waals surface area contributed by atoms with Crippen LogP contribution in [0.1, 0.15) is 30.9 Å². The molecule has 2 heterocycles. The molecule has 0 aliphatic heterocycles. The number of hydrogen-bond acceptors (Lipinski definition) is 3. The summed E-state index contributed by atoms with van der Waals surface area (Å²) in [6.07, 6.45) is 5.35. The lowest BCUT2D eigenvalue weighted by Crippen LogP contribution is -2.22. The van der Waals surface area contributed by atoms with Crippen molar-refractivity contribution in [1.29, 1.82) is 0 Å². The van der Waals surface area contributed by atoms with Gasteiger partial charge >= 0.3 is 0 Å². The van der Waals surface area contributed by atoms with Crippen LogP contribution < -0.4 is 5.32 Å². The van der Waals surface area contributed by atoms with Gasteiger partial charge < -0.3 is 14.2 Å². The Hall–Kier alpha value is -1.48. The standard InChI is InChI=1S/C13H17NO2/c1-2-12(13-6-4-10-16-13)14-8-7-11-5-3-9-15-11/h3-6,9-10,12,14H,2,7-8H2,1H3. The minimum absolute atomic E-state index is 0.296. The summed E-state index contributed by atoms with van der Waals surface area (Å²) in [6, 6.07) is 8.14. The Balaban J connectivity index is 1.80. The molecule has 1 unspecified atom stereocenters. The maximum absolute atomic E-state index is 5.39. The van der Waals surface area contributed by atoms with E-state index in [1.54, 1.807) is 12.5 Å². The Morgan fingerprint density at radius 1 is 1.19 bits per heavy atom. The topological polar surface area (TPSA) is 38.3 Å².